The van der Waals surface area contributed by atoms with Gasteiger partial charge in [-0.3, -0.25) is 4.79 Å². The summed E-state index contributed by atoms with van der Waals surface area (Å²) in [7, 11) is 1.36. The molecule has 1 amide bonds. The van der Waals surface area contributed by atoms with Crippen LogP contribution < -0.4 is 5.32 Å². The van der Waals surface area contributed by atoms with Crippen molar-refractivity contribution in [3.8, 4) is 0 Å². The van der Waals surface area contributed by atoms with Crippen LogP contribution in [0.4, 0.5) is 0 Å². The minimum atomic E-state index is -0.360. The Labute approximate surface area is 145 Å². The number of hydrogen-bond donors (Lipinski definition) is 1. The molecule has 0 aliphatic carbocycles. The first-order valence-electron chi connectivity index (χ1n) is 7.78. The first-order valence-corrected chi connectivity index (χ1v) is 8.66. The molecular weight excluding hydrogens is 322 g/mol. The lowest BCUT2D eigenvalue weighted by Crippen LogP contribution is -2.31. The molecule has 2 aromatic rings. The number of ether oxygens (including phenoxy) is 1. The Bertz CT molecular complexity index is 771. The van der Waals surface area contributed by atoms with Gasteiger partial charge >= 0.3 is 5.97 Å². The van der Waals surface area contributed by atoms with Crippen molar-refractivity contribution >= 4 is 23.6 Å². The van der Waals surface area contributed by atoms with E-state index < -0.39 is 0 Å². The second-order valence-electron chi connectivity index (χ2n) is 5.83. The van der Waals surface area contributed by atoms with Gasteiger partial charge in [-0.1, -0.05) is 29.8 Å². The van der Waals surface area contributed by atoms with Crippen molar-refractivity contribution in [2.24, 2.45) is 0 Å². The van der Waals surface area contributed by atoms with Crippen LogP contribution in [0.25, 0.3) is 0 Å². The standard InChI is InChI=1S/C19H19NO3S/c1-12-3-6-15-10-17(24-16(15)9-12)18(21)20-11-13-4-7-14(8-5-13)19(22)23-2/h3-9,17H,10-11H2,1-2H3,(H,20,21). The van der Waals surface area contributed by atoms with Crippen LogP contribution in [0, 0.1) is 6.92 Å². The van der Waals surface area contributed by atoms with E-state index in [0.29, 0.717) is 12.1 Å². The van der Waals surface area contributed by atoms with Crippen LogP contribution in [-0.4, -0.2) is 24.2 Å². The molecule has 124 valence electrons. The van der Waals surface area contributed by atoms with Gasteiger partial charge in [0.25, 0.3) is 0 Å². The molecule has 0 radical (unpaired) electrons. The fourth-order valence-electron chi connectivity index (χ4n) is 2.66. The largest absolute Gasteiger partial charge is 0.465 e. The van der Waals surface area contributed by atoms with E-state index in [0.717, 1.165) is 12.0 Å². The molecule has 24 heavy (non-hydrogen) atoms. The van der Waals surface area contributed by atoms with Crippen LogP contribution in [0.2, 0.25) is 0 Å². The van der Waals surface area contributed by atoms with Gasteiger partial charge in [-0.15, -0.1) is 11.8 Å². The van der Waals surface area contributed by atoms with Crippen LogP contribution in [0.3, 0.4) is 0 Å². The van der Waals surface area contributed by atoms with E-state index in [2.05, 4.69) is 35.2 Å². The number of carbonyl (C=O) groups is 2. The summed E-state index contributed by atoms with van der Waals surface area (Å²) in [5, 5.41) is 2.90. The van der Waals surface area contributed by atoms with Crippen LogP contribution in [0.5, 0.6) is 0 Å². The van der Waals surface area contributed by atoms with Gasteiger partial charge in [0.1, 0.15) is 0 Å². The summed E-state index contributed by atoms with van der Waals surface area (Å²) >= 11 is 1.63. The molecule has 5 heteroatoms. The zero-order valence-corrected chi connectivity index (χ0v) is 14.5. The highest BCUT2D eigenvalue weighted by molar-refractivity contribution is 8.01. The van der Waals surface area contributed by atoms with Gasteiger partial charge in [-0.05, 0) is 42.7 Å². The number of carbonyl (C=O) groups excluding carboxylic acids is 2. The number of amides is 1. The highest BCUT2D eigenvalue weighted by Gasteiger charge is 2.28. The number of nitrogens with one attached hydrogen (secondary N) is 1. The Morgan fingerprint density at radius 1 is 1.21 bits per heavy atom. The van der Waals surface area contributed by atoms with Gasteiger partial charge in [0.05, 0.1) is 17.9 Å². The average molecular weight is 341 g/mol. The molecule has 1 atom stereocenters. The number of thioether (sulfide) groups is 1. The van der Waals surface area contributed by atoms with Crippen molar-refractivity contribution < 1.29 is 14.3 Å². The highest BCUT2D eigenvalue weighted by Crippen LogP contribution is 2.37. The Hall–Kier alpha value is -2.27. The molecule has 0 fully saturated rings. The lowest BCUT2D eigenvalue weighted by molar-refractivity contribution is -0.120. The number of aryl methyl sites for hydroxylation is 1. The van der Waals surface area contributed by atoms with E-state index in [-0.39, 0.29) is 17.1 Å². The highest BCUT2D eigenvalue weighted by atomic mass is 32.2. The van der Waals surface area contributed by atoms with E-state index in [1.165, 1.54) is 23.1 Å². The van der Waals surface area contributed by atoms with Gasteiger partial charge in [0, 0.05) is 11.4 Å². The first kappa shape index (κ1) is 16.6. The predicted octanol–water partition coefficient (Wildman–Crippen LogP) is 3.11. The Morgan fingerprint density at radius 2 is 1.96 bits per heavy atom. The van der Waals surface area contributed by atoms with E-state index in [9.17, 15) is 9.59 Å². The molecule has 4 nitrogen and oxygen atoms in total. The molecule has 2 aromatic carbocycles. The molecule has 1 N–H and O–H groups in total. The third-order valence-electron chi connectivity index (χ3n) is 4.03. The lowest BCUT2D eigenvalue weighted by Gasteiger charge is -2.10. The summed E-state index contributed by atoms with van der Waals surface area (Å²) in [6.07, 6.45) is 0.771. The molecular formula is C19H19NO3S. The molecule has 0 bridgehead atoms. The minimum absolute atomic E-state index is 0.0471. The second kappa shape index (κ2) is 7.09. The Kier molecular flexibility index (Phi) is 4.90. The molecule has 0 aromatic heterocycles. The number of fused-ring (bicyclic) bond motifs is 1. The van der Waals surface area contributed by atoms with E-state index in [4.69, 9.17) is 0 Å². The van der Waals surface area contributed by atoms with Crippen LogP contribution >= 0.6 is 11.8 Å². The summed E-state index contributed by atoms with van der Waals surface area (Å²) in [4.78, 5) is 25.0. The number of hydrogen-bond acceptors (Lipinski definition) is 4. The zero-order valence-electron chi connectivity index (χ0n) is 13.7. The third kappa shape index (κ3) is 3.62. The van der Waals surface area contributed by atoms with E-state index in [1.54, 1.807) is 23.9 Å². The first-order chi connectivity index (χ1) is 11.6. The quantitative estimate of drug-likeness (QED) is 0.868. The van der Waals surface area contributed by atoms with E-state index >= 15 is 0 Å². The molecule has 1 aliphatic heterocycles. The molecule has 1 unspecified atom stereocenters. The van der Waals surface area contributed by atoms with E-state index in [1.807, 2.05) is 12.1 Å². The molecule has 1 heterocycles. The number of rotatable bonds is 4. The second-order valence-corrected chi connectivity index (χ2v) is 7.07. The Morgan fingerprint density at radius 3 is 2.67 bits per heavy atom. The fraction of sp³-hybridized carbons (Fsp3) is 0.263. The fourth-order valence-corrected chi connectivity index (χ4v) is 3.98. The summed E-state index contributed by atoms with van der Waals surface area (Å²) in [5.41, 5.74) is 3.92. The van der Waals surface area contributed by atoms with Crippen molar-refractivity contribution in [3.63, 3.8) is 0 Å². The van der Waals surface area contributed by atoms with Crippen molar-refractivity contribution in [3.05, 3.63) is 64.7 Å². The number of benzene rings is 2. The molecule has 0 spiro atoms. The Balaban J connectivity index is 1.56. The maximum absolute atomic E-state index is 12.4. The van der Waals surface area contributed by atoms with Gasteiger partial charge < -0.3 is 10.1 Å². The van der Waals surface area contributed by atoms with Gasteiger partial charge in [-0.25, -0.2) is 4.79 Å². The smallest absolute Gasteiger partial charge is 0.337 e. The summed E-state index contributed by atoms with van der Waals surface area (Å²) in [6.45, 7) is 2.51. The topological polar surface area (TPSA) is 55.4 Å². The molecule has 0 saturated heterocycles. The van der Waals surface area contributed by atoms with Crippen LogP contribution in [-0.2, 0) is 22.5 Å². The van der Waals surface area contributed by atoms with Crippen LogP contribution in [0.15, 0.2) is 47.4 Å². The zero-order chi connectivity index (χ0) is 17.1. The normalized spacial score (nSPS) is 15.7. The molecule has 1 aliphatic rings. The maximum atomic E-state index is 12.4. The average Bonchev–Trinajstić information content (AvgIpc) is 3.02. The van der Waals surface area contributed by atoms with Gasteiger partial charge in [0.15, 0.2) is 0 Å². The number of methoxy groups -OCH3 is 1. The predicted molar refractivity (Wildman–Crippen MR) is 94.2 cm³/mol. The van der Waals surface area contributed by atoms with Crippen molar-refractivity contribution in [2.75, 3.05) is 7.11 Å². The SMILES string of the molecule is COC(=O)c1ccc(CNC(=O)C2Cc3ccc(C)cc3S2)cc1. The molecule has 3 rings (SSSR count). The van der Waals surface area contributed by atoms with Gasteiger partial charge in [0.2, 0.25) is 5.91 Å². The summed E-state index contributed by atoms with van der Waals surface area (Å²) in [6, 6.07) is 13.4. The monoisotopic (exact) mass is 341 g/mol. The lowest BCUT2D eigenvalue weighted by atomic mass is 10.1. The van der Waals surface area contributed by atoms with Gasteiger partial charge in [-0.2, -0.15) is 0 Å². The maximum Gasteiger partial charge on any atom is 0.337 e. The van der Waals surface area contributed by atoms with Crippen molar-refractivity contribution in [1.29, 1.82) is 0 Å². The molecule has 0 saturated carbocycles. The third-order valence-corrected chi connectivity index (χ3v) is 5.33. The summed E-state index contributed by atoms with van der Waals surface area (Å²) in [5.74, 6) is -0.313. The van der Waals surface area contributed by atoms with Crippen molar-refractivity contribution in [1.82, 2.24) is 5.32 Å². The van der Waals surface area contributed by atoms with Crippen molar-refractivity contribution in [2.45, 2.75) is 30.0 Å². The van der Waals surface area contributed by atoms with Crippen LogP contribution in [0.1, 0.15) is 27.0 Å². The minimum Gasteiger partial charge on any atom is -0.465 e. The summed E-state index contributed by atoms with van der Waals surface area (Å²) < 4.78 is 4.67. The number of esters is 1.